The standard InChI is InChI=1S/C18H21N3O3/c22-17(19-14-5-2-1-3-6-14)13-21-10-8-15(9-11-21)20-18(23)16-7-4-12-24-16/h1-7,12,15H,8-11,13H2,(H,19,22)(H,20,23). The van der Waals surface area contributed by atoms with E-state index < -0.39 is 0 Å². The van der Waals surface area contributed by atoms with E-state index in [4.69, 9.17) is 4.42 Å². The van der Waals surface area contributed by atoms with Crippen LogP contribution >= 0.6 is 0 Å². The Hall–Kier alpha value is -2.60. The monoisotopic (exact) mass is 327 g/mol. The van der Waals surface area contributed by atoms with Gasteiger partial charge in [-0.1, -0.05) is 18.2 Å². The molecule has 0 radical (unpaired) electrons. The summed E-state index contributed by atoms with van der Waals surface area (Å²) in [4.78, 5) is 26.1. The zero-order valence-corrected chi connectivity index (χ0v) is 13.4. The lowest BCUT2D eigenvalue weighted by atomic mass is 10.0. The Morgan fingerprint density at radius 1 is 1.08 bits per heavy atom. The highest BCUT2D eigenvalue weighted by Crippen LogP contribution is 2.12. The van der Waals surface area contributed by atoms with E-state index in [0.29, 0.717) is 12.3 Å². The van der Waals surface area contributed by atoms with Gasteiger partial charge in [0, 0.05) is 24.8 Å². The maximum absolute atomic E-state index is 12.1. The van der Waals surface area contributed by atoms with E-state index in [1.807, 2.05) is 30.3 Å². The molecule has 0 unspecified atom stereocenters. The molecule has 2 heterocycles. The number of hydrogen-bond donors (Lipinski definition) is 2. The summed E-state index contributed by atoms with van der Waals surface area (Å²) in [6.07, 6.45) is 3.14. The van der Waals surface area contributed by atoms with Crippen LogP contribution in [0.25, 0.3) is 0 Å². The van der Waals surface area contributed by atoms with Crippen LogP contribution in [0.15, 0.2) is 53.1 Å². The highest BCUT2D eigenvalue weighted by molar-refractivity contribution is 5.92. The van der Waals surface area contributed by atoms with Crippen LogP contribution < -0.4 is 10.6 Å². The van der Waals surface area contributed by atoms with Crippen molar-refractivity contribution in [1.82, 2.24) is 10.2 Å². The number of rotatable bonds is 5. The van der Waals surface area contributed by atoms with E-state index in [1.54, 1.807) is 12.1 Å². The quantitative estimate of drug-likeness (QED) is 0.882. The molecule has 0 aliphatic carbocycles. The minimum absolute atomic E-state index is 0.0146. The number of amides is 2. The van der Waals surface area contributed by atoms with Crippen molar-refractivity contribution in [3.8, 4) is 0 Å². The number of piperidine rings is 1. The van der Waals surface area contributed by atoms with Gasteiger partial charge in [-0.15, -0.1) is 0 Å². The van der Waals surface area contributed by atoms with Gasteiger partial charge in [0.2, 0.25) is 5.91 Å². The Bertz CT molecular complexity index is 662. The fraction of sp³-hybridized carbons (Fsp3) is 0.333. The molecule has 6 nitrogen and oxygen atoms in total. The summed E-state index contributed by atoms with van der Waals surface area (Å²) in [6, 6.07) is 12.9. The first-order chi connectivity index (χ1) is 11.7. The van der Waals surface area contributed by atoms with E-state index in [2.05, 4.69) is 15.5 Å². The van der Waals surface area contributed by atoms with E-state index in [-0.39, 0.29) is 17.9 Å². The molecule has 0 atom stereocenters. The molecule has 2 aromatic rings. The number of nitrogens with zero attached hydrogens (tertiary/aromatic N) is 1. The number of para-hydroxylation sites is 1. The van der Waals surface area contributed by atoms with Crippen molar-refractivity contribution in [2.45, 2.75) is 18.9 Å². The number of likely N-dealkylation sites (tertiary alicyclic amines) is 1. The summed E-state index contributed by atoms with van der Waals surface area (Å²) < 4.78 is 5.09. The minimum atomic E-state index is -0.180. The molecule has 1 aliphatic rings. The van der Waals surface area contributed by atoms with E-state index in [1.165, 1.54) is 6.26 Å². The van der Waals surface area contributed by atoms with Crippen molar-refractivity contribution in [3.63, 3.8) is 0 Å². The number of nitrogens with one attached hydrogen (secondary N) is 2. The first-order valence-corrected chi connectivity index (χ1v) is 8.12. The molecule has 1 aliphatic heterocycles. The predicted octanol–water partition coefficient (Wildman–Crippen LogP) is 2.11. The summed E-state index contributed by atoms with van der Waals surface area (Å²) in [7, 11) is 0. The largest absolute Gasteiger partial charge is 0.459 e. The Labute approximate surface area is 140 Å². The van der Waals surface area contributed by atoms with Crippen LogP contribution in [0.3, 0.4) is 0 Å². The average molecular weight is 327 g/mol. The Balaban J connectivity index is 1.40. The van der Waals surface area contributed by atoms with Crippen LogP contribution in [0.2, 0.25) is 0 Å². The maximum atomic E-state index is 12.1. The highest BCUT2D eigenvalue weighted by atomic mass is 16.3. The van der Waals surface area contributed by atoms with Crippen LogP contribution in [-0.4, -0.2) is 42.4 Å². The molecule has 2 N–H and O–H groups in total. The van der Waals surface area contributed by atoms with Crippen LogP contribution in [0.4, 0.5) is 5.69 Å². The molecule has 24 heavy (non-hydrogen) atoms. The molecule has 0 saturated carbocycles. The second-order valence-electron chi connectivity index (χ2n) is 5.92. The SMILES string of the molecule is O=C(CN1CCC(NC(=O)c2ccco2)CC1)Nc1ccccc1. The van der Waals surface area contributed by atoms with Crippen LogP contribution in [0.5, 0.6) is 0 Å². The second-order valence-corrected chi connectivity index (χ2v) is 5.92. The van der Waals surface area contributed by atoms with Crippen LogP contribution in [0.1, 0.15) is 23.4 Å². The van der Waals surface area contributed by atoms with Gasteiger partial charge in [0.05, 0.1) is 12.8 Å². The molecule has 1 aromatic heterocycles. The molecule has 126 valence electrons. The summed E-state index contributed by atoms with van der Waals surface area (Å²) in [5.74, 6) is 0.138. The van der Waals surface area contributed by atoms with Gasteiger partial charge >= 0.3 is 0 Å². The van der Waals surface area contributed by atoms with Crippen molar-refractivity contribution in [2.24, 2.45) is 0 Å². The lowest BCUT2D eigenvalue weighted by molar-refractivity contribution is -0.117. The first-order valence-electron chi connectivity index (χ1n) is 8.12. The van der Waals surface area contributed by atoms with Crippen molar-refractivity contribution < 1.29 is 14.0 Å². The average Bonchev–Trinajstić information content (AvgIpc) is 3.12. The molecule has 6 heteroatoms. The molecule has 0 spiro atoms. The molecular formula is C18H21N3O3. The van der Waals surface area contributed by atoms with Gasteiger partial charge in [-0.2, -0.15) is 0 Å². The topological polar surface area (TPSA) is 74.6 Å². The summed E-state index contributed by atoms with van der Waals surface area (Å²) in [6.45, 7) is 1.93. The third kappa shape index (κ3) is 4.45. The third-order valence-corrected chi connectivity index (χ3v) is 4.09. The normalized spacial score (nSPS) is 15.8. The van der Waals surface area contributed by atoms with Crippen molar-refractivity contribution in [1.29, 1.82) is 0 Å². The van der Waals surface area contributed by atoms with E-state index in [9.17, 15) is 9.59 Å². The van der Waals surface area contributed by atoms with Gasteiger partial charge in [-0.05, 0) is 37.1 Å². The number of hydrogen-bond acceptors (Lipinski definition) is 4. The van der Waals surface area contributed by atoms with Crippen molar-refractivity contribution in [2.75, 3.05) is 25.0 Å². The number of benzene rings is 1. The fourth-order valence-electron chi connectivity index (χ4n) is 2.82. The zero-order valence-electron chi connectivity index (χ0n) is 13.4. The Morgan fingerprint density at radius 2 is 1.83 bits per heavy atom. The third-order valence-electron chi connectivity index (χ3n) is 4.09. The first kappa shape index (κ1) is 16.3. The van der Waals surface area contributed by atoms with E-state index >= 15 is 0 Å². The fourth-order valence-corrected chi connectivity index (χ4v) is 2.82. The predicted molar refractivity (Wildman–Crippen MR) is 90.7 cm³/mol. The smallest absolute Gasteiger partial charge is 0.287 e. The molecule has 1 fully saturated rings. The van der Waals surface area contributed by atoms with Gasteiger partial charge in [-0.25, -0.2) is 0 Å². The molecule has 2 amide bonds. The van der Waals surface area contributed by atoms with Crippen molar-refractivity contribution >= 4 is 17.5 Å². The number of anilines is 1. The Kier molecular flexibility index (Phi) is 5.28. The summed E-state index contributed by atoms with van der Waals surface area (Å²) >= 11 is 0. The Morgan fingerprint density at radius 3 is 2.50 bits per heavy atom. The second kappa shape index (κ2) is 7.79. The number of carbonyl (C=O) groups excluding carboxylic acids is 2. The van der Waals surface area contributed by atoms with Crippen LogP contribution in [0, 0.1) is 0 Å². The lowest BCUT2D eigenvalue weighted by Crippen LogP contribution is -2.46. The van der Waals surface area contributed by atoms with E-state index in [0.717, 1.165) is 31.6 Å². The molecule has 3 rings (SSSR count). The van der Waals surface area contributed by atoms with Crippen LogP contribution in [-0.2, 0) is 4.79 Å². The van der Waals surface area contributed by atoms with Crippen molar-refractivity contribution in [3.05, 3.63) is 54.5 Å². The van der Waals surface area contributed by atoms with Gasteiger partial charge in [0.15, 0.2) is 5.76 Å². The number of furan rings is 1. The van der Waals surface area contributed by atoms with Gasteiger partial charge in [-0.3, -0.25) is 14.5 Å². The lowest BCUT2D eigenvalue weighted by Gasteiger charge is -2.31. The summed E-state index contributed by atoms with van der Waals surface area (Å²) in [5.41, 5.74) is 0.808. The maximum Gasteiger partial charge on any atom is 0.287 e. The zero-order chi connectivity index (χ0) is 16.8. The molecule has 1 aromatic carbocycles. The minimum Gasteiger partial charge on any atom is -0.459 e. The molecule has 0 bridgehead atoms. The molecular weight excluding hydrogens is 306 g/mol. The highest BCUT2D eigenvalue weighted by Gasteiger charge is 2.23. The van der Waals surface area contributed by atoms with Gasteiger partial charge in [0.1, 0.15) is 0 Å². The molecule has 1 saturated heterocycles. The number of carbonyl (C=O) groups is 2. The van der Waals surface area contributed by atoms with Gasteiger partial charge in [0.25, 0.3) is 5.91 Å². The van der Waals surface area contributed by atoms with Gasteiger partial charge < -0.3 is 15.1 Å². The summed E-state index contributed by atoms with van der Waals surface area (Å²) in [5, 5.41) is 5.86.